The van der Waals surface area contributed by atoms with E-state index in [9.17, 15) is 18.7 Å². The summed E-state index contributed by atoms with van der Waals surface area (Å²) in [6.07, 6.45) is 2.46. The highest BCUT2D eigenvalue weighted by atomic mass is 19.3. The van der Waals surface area contributed by atoms with E-state index in [-0.39, 0.29) is 11.7 Å². The van der Waals surface area contributed by atoms with Crippen molar-refractivity contribution < 1.29 is 23.4 Å². The zero-order valence-corrected chi connectivity index (χ0v) is 15.0. The molecular weight excluding hydrogens is 342 g/mol. The number of ether oxygens (including phenoxy) is 1. The number of amides is 1. The number of aliphatic hydroxyl groups is 1. The van der Waals surface area contributed by atoms with E-state index < -0.39 is 12.2 Å². The van der Waals surface area contributed by atoms with Gasteiger partial charge in [0.2, 0.25) is 0 Å². The maximum Gasteiger partial charge on any atom is 0.387 e. The first-order chi connectivity index (χ1) is 12.2. The van der Waals surface area contributed by atoms with Gasteiger partial charge in [0.15, 0.2) is 0 Å². The van der Waals surface area contributed by atoms with Gasteiger partial charge in [-0.05, 0) is 63.3 Å². The van der Waals surface area contributed by atoms with E-state index >= 15 is 0 Å². The van der Waals surface area contributed by atoms with Gasteiger partial charge in [-0.2, -0.15) is 8.78 Å². The number of aromatic nitrogens is 1. The van der Waals surface area contributed by atoms with E-state index in [2.05, 4.69) is 9.72 Å². The van der Waals surface area contributed by atoms with Crippen molar-refractivity contribution in [1.29, 1.82) is 0 Å². The van der Waals surface area contributed by atoms with Crippen molar-refractivity contribution in [3.8, 4) is 5.75 Å². The van der Waals surface area contributed by atoms with Crippen molar-refractivity contribution in [2.75, 3.05) is 13.1 Å². The number of aromatic amines is 1. The minimum atomic E-state index is -2.88. The third-order valence-electron chi connectivity index (χ3n) is 4.74. The number of alkyl halides is 2. The smallest absolute Gasteiger partial charge is 0.387 e. The Labute approximate surface area is 150 Å². The van der Waals surface area contributed by atoms with Crippen LogP contribution in [0.5, 0.6) is 5.75 Å². The lowest BCUT2D eigenvalue weighted by Gasteiger charge is -2.34. The molecule has 1 fully saturated rings. The first kappa shape index (κ1) is 18.6. The number of nitrogens with zero attached hydrogens (tertiary/aromatic N) is 1. The van der Waals surface area contributed by atoms with Gasteiger partial charge in [-0.3, -0.25) is 4.79 Å². The molecule has 1 aliphatic heterocycles. The average Bonchev–Trinajstić information content (AvgIpc) is 2.96. The fraction of sp³-hybridized carbons (Fsp3) is 0.526. The fourth-order valence-corrected chi connectivity index (χ4v) is 3.62. The number of benzene rings is 1. The number of nitrogens with one attached hydrogen (secondary N) is 1. The highest BCUT2D eigenvalue weighted by Crippen LogP contribution is 2.28. The van der Waals surface area contributed by atoms with Gasteiger partial charge in [0, 0.05) is 24.0 Å². The van der Waals surface area contributed by atoms with Crippen molar-refractivity contribution in [3.05, 3.63) is 30.0 Å². The minimum absolute atomic E-state index is 0.0675. The monoisotopic (exact) mass is 366 g/mol. The molecule has 2 N–H and O–H groups in total. The lowest BCUT2D eigenvalue weighted by atomic mass is 9.86. The van der Waals surface area contributed by atoms with Crippen LogP contribution in [-0.2, 0) is 0 Å². The molecule has 1 saturated heterocycles. The predicted molar refractivity (Wildman–Crippen MR) is 94.5 cm³/mol. The van der Waals surface area contributed by atoms with Gasteiger partial charge in [-0.1, -0.05) is 0 Å². The number of carbonyl (C=O) groups excluding carboxylic acids is 1. The molecule has 0 unspecified atom stereocenters. The molecule has 1 aromatic heterocycles. The van der Waals surface area contributed by atoms with Gasteiger partial charge in [0.25, 0.3) is 5.91 Å². The molecule has 0 aliphatic carbocycles. The third kappa shape index (κ3) is 4.52. The van der Waals surface area contributed by atoms with Gasteiger partial charge < -0.3 is 19.7 Å². The second-order valence-corrected chi connectivity index (χ2v) is 7.56. The normalized spacial score (nSPS) is 16.5. The Morgan fingerprint density at radius 3 is 2.65 bits per heavy atom. The molecule has 3 rings (SSSR count). The number of hydrogen-bond donors (Lipinski definition) is 2. The number of hydrogen-bond acceptors (Lipinski definition) is 3. The first-order valence-electron chi connectivity index (χ1n) is 8.80. The van der Waals surface area contributed by atoms with Crippen LogP contribution in [0, 0.1) is 5.92 Å². The quantitative estimate of drug-likeness (QED) is 0.846. The van der Waals surface area contributed by atoms with Crippen LogP contribution in [0.4, 0.5) is 8.78 Å². The number of likely N-dealkylation sites (tertiary alicyclic amines) is 1. The molecule has 0 bridgehead atoms. The molecule has 2 aromatic rings. The molecule has 0 radical (unpaired) electrons. The molecule has 1 aromatic carbocycles. The Balaban J connectivity index is 1.66. The summed E-state index contributed by atoms with van der Waals surface area (Å²) in [5.41, 5.74) is 0.452. The average molecular weight is 366 g/mol. The van der Waals surface area contributed by atoms with E-state index in [4.69, 9.17) is 0 Å². The molecule has 1 amide bonds. The summed E-state index contributed by atoms with van der Waals surface area (Å²) in [6.45, 7) is 2.03. The molecule has 0 atom stereocenters. The van der Waals surface area contributed by atoms with Crippen molar-refractivity contribution >= 4 is 16.8 Å². The number of H-pyrrole nitrogens is 1. The zero-order chi connectivity index (χ0) is 18.9. The molecule has 1 aliphatic rings. The number of fused-ring (bicyclic) bond motifs is 1. The molecule has 5 nitrogen and oxygen atoms in total. The summed E-state index contributed by atoms with van der Waals surface area (Å²) < 4.78 is 29.0. The summed E-state index contributed by atoms with van der Waals surface area (Å²) in [5, 5.41) is 10.6. The van der Waals surface area contributed by atoms with Crippen molar-refractivity contribution in [2.45, 2.75) is 45.3 Å². The Hall–Kier alpha value is -2.15. The number of piperidine rings is 1. The van der Waals surface area contributed by atoms with Gasteiger partial charge in [0.1, 0.15) is 11.4 Å². The van der Waals surface area contributed by atoms with E-state index in [0.717, 1.165) is 19.3 Å². The van der Waals surface area contributed by atoms with Gasteiger partial charge in [-0.15, -0.1) is 0 Å². The number of halogens is 2. The van der Waals surface area contributed by atoms with E-state index in [0.29, 0.717) is 35.6 Å². The zero-order valence-electron chi connectivity index (χ0n) is 15.0. The summed E-state index contributed by atoms with van der Waals surface area (Å²) in [7, 11) is 0. The third-order valence-corrected chi connectivity index (χ3v) is 4.74. The van der Waals surface area contributed by atoms with Gasteiger partial charge in [-0.25, -0.2) is 0 Å². The molecule has 0 saturated carbocycles. The highest BCUT2D eigenvalue weighted by molar-refractivity contribution is 5.98. The van der Waals surface area contributed by atoms with Crippen molar-refractivity contribution in [3.63, 3.8) is 0 Å². The molecule has 0 spiro atoms. The van der Waals surface area contributed by atoms with Gasteiger partial charge >= 0.3 is 6.61 Å². The topological polar surface area (TPSA) is 65.6 Å². The van der Waals surface area contributed by atoms with Crippen LogP contribution in [0.1, 0.15) is 43.6 Å². The molecule has 142 valence electrons. The van der Waals surface area contributed by atoms with E-state index in [1.54, 1.807) is 30.9 Å². The first-order valence-corrected chi connectivity index (χ1v) is 8.80. The maximum atomic E-state index is 12.7. The number of carbonyl (C=O) groups is 1. The minimum Gasteiger partial charge on any atom is -0.435 e. The van der Waals surface area contributed by atoms with Crippen LogP contribution in [-0.4, -0.2) is 46.2 Å². The van der Waals surface area contributed by atoms with Crippen LogP contribution in [0.2, 0.25) is 0 Å². The molecule has 26 heavy (non-hydrogen) atoms. The standard InChI is InChI=1S/C19H24F2N2O3/c1-19(2,25)11-12-5-7-23(8-6-12)17(24)16-10-13-9-14(26-18(20)21)3-4-15(13)22-16/h3-4,9-10,12,18,22,25H,5-8,11H2,1-2H3. The summed E-state index contributed by atoms with van der Waals surface area (Å²) in [5.74, 6) is 0.382. The molecule has 7 heteroatoms. The Morgan fingerprint density at radius 1 is 1.35 bits per heavy atom. The van der Waals surface area contributed by atoms with Crippen LogP contribution in [0.25, 0.3) is 10.9 Å². The summed E-state index contributed by atoms with van der Waals surface area (Å²) in [4.78, 5) is 17.6. The summed E-state index contributed by atoms with van der Waals surface area (Å²) in [6, 6.07) is 6.23. The van der Waals surface area contributed by atoms with Crippen molar-refractivity contribution in [1.82, 2.24) is 9.88 Å². The van der Waals surface area contributed by atoms with Crippen molar-refractivity contribution in [2.24, 2.45) is 5.92 Å². The summed E-state index contributed by atoms with van der Waals surface area (Å²) >= 11 is 0. The van der Waals surface area contributed by atoms with E-state index in [1.165, 1.54) is 12.1 Å². The Bertz CT molecular complexity index is 775. The second kappa shape index (κ2) is 7.23. The number of rotatable bonds is 5. The Morgan fingerprint density at radius 2 is 2.04 bits per heavy atom. The largest absolute Gasteiger partial charge is 0.435 e. The Kier molecular flexibility index (Phi) is 5.18. The lowest BCUT2D eigenvalue weighted by Crippen LogP contribution is -2.40. The SMILES string of the molecule is CC(C)(O)CC1CCN(C(=O)c2cc3cc(OC(F)F)ccc3[nH]2)CC1. The fourth-order valence-electron chi connectivity index (χ4n) is 3.62. The van der Waals surface area contributed by atoms with Crippen LogP contribution in [0.15, 0.2) is 24.3 Å². The van der Waals surface area contributed by atoms with Crippen LogP contribution < -0.4 is 4.74 Å². The maximum absolute atomic E-state index is 12.7. The molecular formula is C19H24F2N2O3. The van der Waals surface area contributed by atoms with E-state index in [1.807, 2.05) is 0 Å². The van der Waals surface area contributed by atoms with Gasteiger partial charge in [0.05, 0.1) is 5.60 Å². The lowest BCUT2D eigenvalue weighted by molar-refractivity contribution is -0.0497. The molecule has 2 heterocycles. The van der Waals surface area contributed by atoms with Crippen LogP contribution >= 0.6 is 0 Å². The predicted octanol–water partition coefficient (Wildman–Crippen LogP) is 3.78. The highest BCUT2D eigenvalue weighted by Gasteiger charge is 2.28. The second-order valence-electron chi connectivity index (χ2n) is 7.56. The van der Waals surface area contributed by atoms with Crippen LogP contribution in [0.3, 0.4) is 0 Å².